The summed E-state index contributed by atoms with van der Waals surface area (Å²) in [5.41, 5.74) is 0.299. The number of nitrogens with zero attached hydrogens (tertiary/aromatic N) is 2. The predicted molar refractivity (Wildman–Crippen MR) is 151 cm³/mol. The number of hydrogen-bond acceptors (Lipinski definition) is 6. The molecule has 0 aromatic heterocycles. The smallest absolute Gasteiger partial charge is 0.244 e. The summed E-state index contributed by atoms with van der Waals surface area (Å²) in [6.07, 6.45) is 1.30. The predicted octanol–water partition coefficient (Wildman–Crippen LogP) is 4.50. The molecule has 0 saturated carbocycles. The van der Waals surface area contributed by atoms with E-state index in [2.05, 4.69) is 5.32 Å². The van der Waals surface area contributed by atoms with Crippen molar-refractivity contribution < 1.29 is 27.5 Å². The van der Waals surface area contributed by atoms with Crippen LogP contribution in [0.15, 0.2) is 36.4 Å². The quantitative estimate of drug-likeness (QED) is 0.415. The molecule has 0 spiro atoms. The van der Waals surface area contributed by atoms with Gasteiger partial charge in [-0.25, -0.2) is 8.42 Å². The average Bonchev–Trinajstić information content (AvgIpc) is 2.82. The molecule has 2 amide bonds. The van der Waals surface area contributed by atoms with Gasteiger partial charge in [-0.3, -0.25) is 13.9 Å². The van der Waals surface area contributed by atoms with Gasteiger partial charge in [0.25, 0.3) is 0 Å². The van der Waals surface area contributed by atoms with Crippen molar-refractivity contribution in [3.05, 3.63) is 52.0 Å². The minimum absolute atomic E-state index is 0.00925. The standard InChI is InChI=1S/C26H35Cl2N3O6S/c1-8-21(25(33)29-26(2,3)4)30(15-17-9-11-19(27)20(28)13-17)24(32)16-31(38(7,34)35)18-10-12-22(36-5)23(14-18)37-6/h9-14,21H,8,15-16H2,1-7H3,(H,29,33)/t21-/m0/s1. The number of ether oxygens (including phenoxy) is 2. The molecule has 0 fully saturated rings. The van der Waals surface area contributed by atoms with E-state index in [4.69, 9.17) is 32.7 Å². The lowest BCUT2D eigenvalue weighted by Crippen LogP contribution is -2.55. The number of halogens is 2. The Morgan fingerprint density at radius 1 is 1.00 bits per heavy atom. The lowest BCUT2D eigenvalue weighted by molar-refractivity contribution is -0.141. The number of sulfonamides is 1. The number of methoxy groups -OCH3 is 2. The maximum atomic E-state index is 13.8. The Labute approximate surface area is 235 Å². The molecule has 210 valence electrons. The van der Waals surface area contributed by atoms with Crippen LogP contribution in [0.2, 0.25) is 10.0 Å². The molecular weight excluding hydrogens is 553 g/mol. The van der Waals surface area contributed by atoms with E-state index in [1.54, 1.807) is 31.2 Å². The summed E-state index contributed by atoms with van der Waals surface area (Å²) in [6, 6.07) is 8.58. The number of rotatable bonds is 11. The molecule has 1 N–H and O–H groups in total. The van der Waals surface area contributed by atoms with Crippen molar-refractivity contribution in [1.82, 2.24) is 10.2 Å². The maximum absolute atomic E-state index is 13.8. The third-order valence-electron chi connectivity index (χ3n) is 5.56. The lowest BCUT2D eigenvalue weighted by Gasteiger charge is -2.34. The molecule has 2 aromatic carbocycles. The summed E-state index contributed by atoms with van der Waals surface area (Å²) in [6.45, 7) is 6.76. The third-order valence-corrected chi connectivity index (χ3v) is 7.43. The largest absolute Gasteiger partial charge is 0.493 e. The number of carbonyl (C=O) groups is 2. The molecule has 0 aliphatic carbocycles. The van der Waals surface area contributed by atoms with Crippen molar-refractivity contribution in [3.8, 4) is 11.5 Å². The van der Waals surface area contributed by atoms with E-state index < -0.39 is 34.1 Å². The Morgan fingerprint density at radius 3 is 2.13 bits per heavy atom. The lowest BCUT2D eigenvalue weighted by atomic mass is 10.1. The van der Waals surface area contributed by atoms with Crippen LogP contribution in [0, 0.1) is 0 Å². The summed E-state index contributed by atoms with van der Waals surface area (Å²) >= 11 is 12.2. The van der Waals surface area contributed by atoms with Crippen molar-refractivity contribution in [2.24, 2.45) is 0 Å². The summed E-state index contributed by atoms with van der Waals surface area (Å²) in [7, 11) is -1.02. The normalized spacial score (nSPS) is 12.4. The number of carbonyl (C=O) groups excluding carboxylic acids is 2. The van der Waals surface area contributed by atoms with E-state index >= 15 is 0 Å². The molecular formula is C26H35Cl2N3O6S. The SMILES string of the molecule is CC[C@@H](C(=O)NC(C)(C)C)N(Cc1ccc(Cl)c(Cl)c1)C(=O)CN(c1ccc(OC)c(OC)c1)S(C)(=O)=O. The van der Waals surface area contributed by atoms with Gasteiger partial charge in [-0.15, -0.1) is 0 Å². The second kappa shape index (κ2) is 12.9. The zero-order chi connectivity index (χ0) is 28.8. The first-order valence-corrected chi connectivity index (χ1v) is 14.5. The van der Waals surface area contributed by atoms with E-state index in [0.29, 0.717) is 33.5 Å². The molecule has 0 unspecified atom stereocenters. The fraction of sp³-hybridized carbons (Fsp3) is 0.462. The van der Waals surface area contributed by atoms with E-state index in [0.717, 1.165) is 10.6 Å². The molecule has 1 atom stereocenters. The van der Waals surface area contributed by atoms with E-state index in [1.807, 2.05) is 20.8 Å². The molecule has 0 aliphatic heterocycles. The van der Waals surface area contributed by atoms with Gasteiger partial charge in [0.15, 0.2) is 11.5 Å². The molecule has 0 aliphatic rings. The highest BCUT2D eigenvalue weighted by Crippen LogP contribution is 2.32. The monoisotopic (exact) mass is 587 g/mol. The molecule has 38 heavy (non-hydrogen) atoms. The van der Waals surface area contributed by atoms with Gasteiger partial charge < -0.3 is 19.7 Å². The van der Waals surface area contributed by atoms with Crippen LogP contribution in [-0.2, 0) is 26.2 Å². The van der Waals surface area contributed by atoms with Gasteiger partial charge in [-0.05, 0) is 57.0 Å². The van der Waals surface area contributed by atoms with Crippen LogP contribution in [0.4, 0.5) is 5.69 Å². The Bertz CT molecular complexity index is 1260. The van der Waals surface area contributed by atoms with Gasteiger partial charge >= 0.3 is 0 Å². The Kier molecular flexibility index (Phi) is 10.7. The highest BCUT2D eigenvalue weighted by atomic mass is 35.5. The highest BCUT2D eigenvalue weighted by Gasteiger charge is 2.33. The van der Waals surface area contributed by atoms with Gasteiger partial charge in [0.1, 0.15) is 12.6 Å². The fourth-order valence-electron chi connectivity index (χ4n) is 3.80. The maximum Gasteiger partial charge on any atom is 0.244 e. The number of benzene rings is 2. The first kappa shape index (κ1) is 31.5. The van der Waals surface area contributed by atoms with Crippen molar-refractivity contribution in [1.29, 1.82) is 0 Å². The Hall–Kier alpha value is -2.69. The molecule has 2 rings (SSSR count). The zero-order valence-electron chi connectivity index (χ0n) is 22.7. The highest BCUT2D eigenvalue weighted by molar-refractivity contribution is 7.92. The first-order valence-electron chi connectivity index (χ1n) is 11.9. The minimum Gasteiger partial charge on any atom is -0.493 e. The minimum atomic E-state index is -3.91. The molecule has 2 aromatic rings. The van der Waals surface area contributed by atoms with Crippen molar-refractivity contribution >= 4 is 50.7 Å². The summed E-state index contributed by atoms with van der Waals surface area (Å²) in [4.78, 5) is 28.4. The third kappa shape index (κ3) is 8.41. The zero-order valence-corrected chi connectivity index (χ0v) is 25.0. The van der Waals surface area contributed by atoms with Gasteiger partial charge in [-0.1, -0.05) is 36.2 Å². The van der Waals surface area contributed by atoms with Crippen LogP contribution in [0.3, 0.4) is 0 Å². The van der Waals surface area contributed by atoms with Crippen molar-refractivity contribution in [3.63, 3.8) is 0 Å². The number of anilines is 1. The van der Waals surface area contributed by atoms with E-state index in [1.165, 1.54) is 31.3 Å². The summed E-state index contributed by atoms with van der Waals surface area (Å²) in [5, 5.41) is 3.56. The van der Waals surface area contributed by atoms with E-state index in [-0.39, 0.29) is 18.1 Å². The molecule has 0 heterocycles. The fourth-order valence-corrected chi connectivity index (χ4v) is 4.96. The molecule has 9 nitrogen and oxygen atoms in total. The average molecular weight is 589 g/mol. The Morgan fingerprint density at radius 2 is 1.63 bits per heavy atom. The second-order valence-electron chi connectivity index (χ2n) is 9.74. The van der Waals surface area contributed by atoms with Crippen LogP contribution in [0.1, 0.15) is 39.7 Å². The summed E-state index contributed by atoms with van der Waals surface area (Å²) in [5.74, 6) is -0.227. The van der Waals surface area contributed by atoms with E-state index in [9.17, 15) is 18.0 Å². The molecule has 0 radical (unpaired) electrons. The Balaban J connectivity index is 2.53. The van der Waals surface area contributed by atoms with Crippen LogP contribution in [0.25, 0.3) is 0 Å². The molecule has 0 saturated heterocycles. The van der Waals surface area contributed by atoms with Gasteiger partial charge in [-0.2, -0.15) is 0 Å². The van der Waals surface area contributed by atoms with Crippen molar-refractivity contribution in [2.75, 3.05) is 31.3 Å². The van der Waals surface area contributed by atoms with Crippen LogP contribution in [-0.4, -0.2) is 63.7 Å². The molecule has 12 heteroatoms. The number of nitrogens with one attached hydrogen (secondary N) is 1. The molecule has 0 bridgehead atoms. The van der Waals surface area contributed by atoms with Crippen molar-refractivity contribution in [2.45, 2.75) is 52.2 Å². The second-order valence-corrected chi connectivity index (χ2v) is 12.5. The summed E-state index contributed by atoms with van der Waals surface area (Å²) < 4.78 is 37.1. The first-order chi connectivity index (χ1) is 17.6. The van der Waals surface area contributed by atoms with Gasteiger partial charge in [0.05, 0.1) is 36.2 Å². The van der Waals surface area contributed by atoms with Crippen LogP contribution < -0.4 is 19.1 Å². The number of amides is 2. The topological polar surface area (TPSA) is 105 Å². The van der Waals surface area contributed by atoms with Crippen LogP contribution in [0.5, 0.6) is 11.5 Å². The number of hydrogen-bond donors (Lipinski definition) is 1. The van der Waals surface area contributed by atoms with Gasteiger partial charge in [0, 0.05) is 18.2 Å². The van der Waals surface area contributed by atoms with Gasteiger partial charge in [0.2, 0.25) is 21.8 Å². The van der Waals surface area contributed by atoms with Crippen LogP contribution >= 0.6 is 23.2 Å².